The van der Waals surface area contributed by atoms with E-state index >= 15 is 0 Å². The minimum absolute atomic E-state index is 0.307. The second-order valence-electron chi connectivity index (χ2n) is 5.25. The van der Waals surface area contributed by atoms with Crippen LogP contribution in [0.2, 0.25) is 0 Å². The second kappa shape index (κ2) is 7.28. The summed E-state index contributed by atoms with van der Waals surface area (Å²) in [5, 5.41) is 9.22. The van der Waals surface area contributed by atoms with Gasteiger partial charge in [0.1, 0.15) is 5.60 Å². The van der Waals surface area contributed by atoms with Gasteiger partial charge in [0.2, 0.25) is 5.89 Å². The standard InChI is InChI=1S/C12H21N3O3S/c1-12(2,3)18-10(16)13-8-6-4-5-7-9-14-15-11(19)17-9/h4-8H2,1-3H3,(H,13,16)(H,15,19). The molecule has 0 aliphatic rings. The minimum Gasteiger partial charge on any atom is -0.444 e. The Labute approximate surface area is 117 Å². The molecule has 0 saturated heterocycles. The van der Waals surface area contributed by atoms with E-state index in [0.29, 0.717) is 17.3 Å². The number of H-pyrrole nitrogens is 1. The van der Waals surface area contributed by atoms with Crippen LogP contribution in [-0.2, 0) is 11.2 Å². The molecule has 0 saturated carbocycles. The molecule has 6 nitrogen and oxygen atoms in total. The molecule has 0 bridgehead atoms. The number of carbonyl (C=O) groups excluding carboxylic acids is 1. The molecule has 2 N–H and O–H groups in total. The second-order valence-corrected chi connectivity index (χ2v) is 5.62. The number of nitrogens with one attached hydrogen (secondary N) is 2. The van der Waals surface area contributed by atoms with Gasteiger partial charge < -0.3 is 14.5 Å². The summed E-state index contributed by atoms with van der Waals surface area (Å²) in [5.41, 5.74) is -0.451. The molecule has 1 aromatic rings. The van der Waals surface area contributed by atoms with Gasteiger partial charge in [-0.25, -0.2) is 9.89 Å². The lowest BCUT2D eigenvalue weighted by Crippen LogP contribution is -2.32. The zero-order valence-electron chi connectivity index (χ0n) is 11.6. The van der Waals surface area contributed by atoms with Gasteiger partial charge in [0.05, 0.1) is 0 Å². The number of unbranched alkanes of at least 4 members (excludes halogenated alkanes) is 2. The van der Waals surface area contributed by atoms with E-state index in [9.17, 15) is 4.79 Å². The van der Waals surface area contributed by atoms with E-state index in [2.05, 4.69) is 15.5 Å². The number of aromatic nitrogens is 2. The SMILES string of the molecule is CC(C)(C)OC(=O)NCCCCCc1n[nH]c(=S)o1. The Balaban J connectivity index is 2.02. The Hall–Kier alpha value is -1.37. The van der Waals surface area contributed by atoms with E-state index in [0.717, 1.165) is 25.7 Å². The number of amides is 1. The van der Waals surface area contributed by atoms with Gasteiger partial charge in [-0.3, -0.25) is 0 Å². The lowest BCUT2D eigenvalue weighted by atomic mass is 10.2. The third-order valence-electron chi connectivity index (χ3n) is 2.22. The van der Waals surface area contributed by atoms with Crippen LogP contribution in [0.4, 0.5) is 4.79 Å². The number of hydrogen-bond acceptors (Lipinski definition) is 5. The van der Waals surface area contributed by atoms with Gasteiger partial charge in [0.25, 0.3) is 4.84 Å². The molecule has 7 heteroatoms. The molecule has 0 aliphatic heterocycles. The molecule has 19 heavy (non-hydrogen) atoms. The topological polar surface area (TPSA) is 80.1 Å². The highest BCUT2D eigenvalue weighted by atomic mass is 32.1. The molecule has 108 valence electrons. The predicted molar refractivity (Wildman–Crippen MR) is 73.5 cm³/mol. The summed E-state index contributed by atoms with van der Waals surface area (Å²) < 4.78 is 10.3. The van der Waals surface area contributed by atoms with Gasteiger partial charge in [-0.15, -0.1) is 5.10 Å². The van der Waals surface area contributed by atoms with Crippen molar-refractivity contribution in [1.82, 2.24) is 15.5 Å². The number of nitrogens with zero attached hydrogens (tertiary/aromatic N) is 1. The first-order valence-corrected chi connectivity index (χ1v) is 6.79. The fourth-order valence-corrected chi connectivity index (χ4v) is 1.59. The number of rotatable bonds is 6. The van der Waals surface area contributed by atoms with E-state index < -0.39 is 5.60 Å². The van der Waals surface area contributed by atoms with Crippen molar-refractivity contribution < 1.29 is 13.9 Å². The molecule has 0 fully saturated rings. The average molecular weight is 287 g/mol. The van der Waals surface area contributed by atoms with Crippen molar-refractivity contribution in [2.24, 2.45) is 0 Å². The summed E-state index contributed by atoms with van der Waals surface area (Å²) in [6, 6.07) is 0. The number of aryl methyl sites for hydroxylation is 1. The summed E-state index contributed by atoms with van der Waals surface area (Å²) in [5.74, 6) is 0.630. The lowest BCUT2D eigenvalue weighted by molar-refractivity contribution is 0.0527. The number of alkyl carbamates (subject to hydrolysis) is 1. The molecule has 0 aliphatic carbocycles. The van der Waals surface area contributed by atoms with E-state index in [1.54, 1.807) is 0 Å². The van der Waals surface area contributed by atoms with E-state index in [4.69, 9.17) is 21.4 Å². The maximum atomic E-state index is 11.3. The van der Waals surface area contributed by atoms with Gasteiger partial charge in [0, 0.05) is 13.0 Å². The quantitative estimate of drug-likeness (QED) is 0.621. The highest BCUT2D eigenvalue weighted by Crippen LogP contribution is 2.07. The van der Waals surface area contributed by atoms with Crippen LogP contribution in [0.15, 0.2) is 4.42 Å². The van der Waals surface area contributed by atoms with Crippen LogP contribution >= 0.6 is 12.2 Å². The van der Waals surface area contributed by atoms with E-state index in [-0.39, 0.29) is 6.09 Å². The van der Waals surface area contributed by atoms with Crippen molar-refractivity contribution in [2.45, 2.75) is 52.1 Å². The van der Waals surface area contributed by atoms with E-state index in [1.807, 2.05) is 20.8 Å². The first-order chi connectivity index (χ1) is 8.87. The molecule has 1 aromatic heterocycles. The van der Waals surface area contributed by atoms with Crippen molar-refractivity contribution in [1.29, 1.82) is 0 Å². The molecular weight excluding hydrogens is 266 g/mol. The molecular formula is C12H21N3O3S. The summed E-state index contributed by atoms with van der Waals surface area (Å²) in [7, 11) is 0. The summed E-state index contributed by atoms with van der Waals surface area (Å²) in [6.45, 7) is 6.13. The fraction of sp³-hybridized carbons (Fsp3) is 0.750. The Kier molecular flexibility index (Phi) is 6.01. The van der Waals surface area contributed by atoms with Crippen LogP contribution in [0.25, 0.3) is 0 Å². The Bertz CT molecular complexity index is 448. The van der Waals surface area contributed by atoms with Crippen LogP contribution < -0.4 is 5.32 Å². The van der Waals surface area contributed by atoms with Gasteiger partial charge in [-0.2, -0.15) is 0 Å². The van der Waals surface area contributed by atoms with Crippen molar-refractivity contribution >= 4 is 18.3 Å². The first kappa shape index (κ1) is 15.7. The van der Waals surface area contributed by atoms with Crippen molar-refractivity contribution in [3.63, 3.8) is 0 Å². The minimum atomic E-state index is -0.451. The largest absolute Gasteiger partial charge is 0.444 e. The zero-order valence-corrected chi connectivity index (χ0v) is 12.4. The van der Waals surface area contributed by atoms with Gasteiger partial charge in [-0.05, 0) is 45.8 Å². The number of carbonyl (C=O) groups is 1. The molecule has 0 spiro atoms. The van der Waals surface area contributed by atoms with Crippen LogP contribution in [-0.4, -0.2) is 28.4 Å². The van der Waals surface area contributed by atoms with Crippen molar-refractivity contribution in [2.75, 3.05) is 6.54 Å². The lowest BCUT2D eigenvalue weighted by Gasteiger charge is -2.19. The van der Waals surface area contributed by atoms with Crippen molar-refractivity contribution in [3.8, 4) is 0 Å². The van der Waals surface area contributed by atoms with Crippen molar-refractivity contribution in [3.05, 3.63) is 10.7 Å². The normalized spacial score (nSPS) is 11.3. The third kappa shape index (κ3) is 7.61. The van der Waals surface area contributed by atoms with Crippen LogP contribution in [0, 0.1) is 4.84 Å². The molecule has 1 rings (SSSR count). The smallest absolute Gasteiger partial charge is 0.407 e. The molecule has 0 atom stereocenters. The highest BCUT2D eigenvalue weighted by Gasteiger charge is 2.15. The molecule has 0 aromatic carbocycles. The zero-order chi connectivity index (χ0) is 14.3. The number of hydrogen-bond donors (Lipinski definition) is 2. The van der Waals surface area contributed by atoms with Crippen LogP contribution in [0.3, 0.4) is 0 Å². The summed E-state index contributed by atoms with van der Waals surface area (Å²) >= 11 is 4.78. The molecule has 0 radical (unpaired) electrons. The van der Waals surface area contributed by atoms with Gasteiger partial charge in [0.15, 0.2) is 0 Å². The van der Waals surface area contributed by atoms with Gasteiger partial charge >= 0.3 is 6.09 Å². The molecule has 1 amide bonds. The average Bonchev–Trinajstić information content (AvgIpc) is 2.67. The predicted octanol–water partition coefficient (Wildman–Crippen LogP) is 2.97. The highest BCUT2D eigenvalue weighted by molar-refractivity contribution is 7.71. The first-order valence-electron chi connectivity index (χ1n) is 6.38. The van der Waals surface area contributed by atoms with Crippen LogP contribution in [0.5, 0.6) is 0 Å². The number of aromatic amines is 1. The molecule has 1 heterocycles. The monoisotopic (exact) mass is 287 g/mol. The third-order valence-corrected chi connectivity index (χ3v) is 2.39. The van der Waals surface area contributed by atoms with Crippen LogP contribution in [0.1, 0.15) is 45.9 Å². The summed E-state index contributed by atoms with van der Waals surface area (Å²) in [6.07, 6.45) is 3.19. The Morgan fingerprint density at radius 1 is 1.42 bits per heavy atom. The Morgan fingerprint density at radius 2 is 2.16 bits per heavy atom. The maximum Gasteiger partial charge on any atom is 0.407 e. The molecule has 0 unspecified atom stereocenters. The Morgan fingerprint density at radius 3 is 2.74 bits per heavy atom. The van der Waals surface area contributed by atoms with E-state index in [1.165, 1.54) is 0 Å². The number of ether oxygens (including phenoxy) is 1. The fourth-order valence-electron chi connectivity index (χ4n) is 1.45. The summed E-state index contributed by atoms with van der Waals surface area (Å²) in [4.78, 5) is 11.6. The van der Waals surface area contributed by atoms with Gasteiger partial charge in [-0.1, -0.05) is 6.42 Å². The maximum absolute atomic E-state index is 11.3.